The first-order chi connectivity index (χ1) is 9.04. The Bertz CT molecular complexity index is 525. The van der Waals surface area contributed by atoms with Crippen LogP contribution in [0.3, 0.4) is 0 Å². The summed E-state index contributed by atoms with van der Waals surface area (Å²) in [5.41, 5.74) is 0.325. The van der Waals surface area contributed by atoms with Crippen LogP contribution >= 0.6 is 0 Å². The molecule has 0 aliphatic heterocycles. The fourth-order valence-electron chi connectivity index (χ4n) is 1.29. The summed E-state index contributed by atoms with van der Waals surface area (Å²) in [7, 11) is 0. The second kappa shape index (κ2) is 6.90. The maximum Gasteiger partial charge on any atom is 0.337 e. The van der Waals surface area contributed by atoms with E-state index in [1.54, 1.807) is 0 Å². The molecule has 100 valence electrons. The lowest BCUT2D eigenvalue weighted by molar-refractivity contribution is -0.136. The number of rotatable bonds is 7. The Morgan fingerprint density at radius 3 is 2.68 bits per heavy atom. The normalized spacial score (nSPS) is 10.3. The second-order valence-corrected chi connectivity index (χ2v) is 3.49. The SMILES string of the molecule is C=CCON=Nc1ccc(CC(=O)O)cc1C(=O)O. The maximum absolute atomic E-state index is 11.0. The molecule has 0 aliphatic rings. The van der Waals surface area contributed by atoms with E-state index in [4.69, 9.17) is 10.2 Å². The van der Waals surface area contributed by atoms with Gasteiger partial charge in [0.1, 0.15) is 12.3 Å². The van der Waals surface area contributed by atoms with Gasteiger partial charge in [-0.3, -0.25) is 4.79 Å². The minimum Gasteiger partial charge on any atom is -0.481 e. The summed E-state index contributed by atoms with van der Waals surface area (Å²) in [5, 5.41) is 24.6. The third-order valence-electron chi connectivity index (χ3n) is 2.05. The molecule has 7 heteroatoms. The van der Waals surface area contributed by atoms with Crippen LogP contribution in [-0.4, -0.2) is 28.8 Å². The summed E-state index contributed by atoms with van der Waals surface area (Å²) < 4.78 is 0. The number of aliphatic carboxylic acids is 1. The van der Waals surface area contributed by atoms with E-state index in [9.17, 15) is 9.59 Å². The Morgan fingerprint density at radius 2 is 2.11 bits per heavy atom. The molecule has 0 fully saturated rings. The summed E-state index contributed by atoms with van der Waals surface area (Å²) in [4.78, 5) is 26.3. The van der Waals surface area contributed by atoms with Crippen molar-refractivity contribution in [2.24, 2.45) is 10.4 Å². The number of hydrogen-bond acceptors (Lipinski definition) is 5. The maximum atomic E-state index is 11.0. The standard InChI is InChI=1S/C12H12N2O5/c1-2-5-19-14-13-10-4-3-8(7-11(15)16)6-9(10)12(17)18/h2-4,6H,1,5,7H2,(H,15,16)(H,17,18). The van der Waals surface area contributed by atoms with Crippen molar-refractivity contribution < 1.29 is 24.6 Å². The Hall–Kier alpha value is -2.70. The van der Waals surface area contributed by atoms with Crippen LogP contribution in [-0.2, 0) is 16.1 Å². The molecule has 0 aliphatic carbocycles. The van der Waals surface area contributed by atoms with E-state index >= 15 is 0 Å². The number of aromatic carboxylic acids is 1. The van der Waals surface area contributed by atoms with Gasteiger partial charge in [0.2, 0.25) is 0 Å². The van der Waals surface area contributed by atoms with E-state index in [0.29, 0.717) is 5.56 Å². The molecule has 0 heterocycles. The van der Waals surface area contributed by atoms with Crippen molar-refractivity contribution in [2.75, 3.05) is 6.61 Å². The predicted octanol–water partition coefficient (Wildman–Crippen LogP) is 2.21. The van der Waals surface area contributed by atoms with E-state index in [0.717, 1.165) is 0 Å². The van der Waals surface area contributed by atoms with Gasteiger partial charge in [0, 0.05) is 5.28 Å². The van der Waals surface area contributed by atoms with Crippen LogP contribution in [0.1, 0.15) is 15.9 Å². The topological polar surface area (TPSA) is 109 Å². The molecular weight excluding hydrogens is 252 g/mol. The number of carboxylic acids is 2. The Morgan fingerprint density at radius 1 is 1.37 bits per heavy atom. The van der Waals surface area contributed by atoms with Crippen molar-refractivity contribution in [3.8, 4) is 0 Å². The smallest absolute Gasteiger partial charge is 0.337 e. The molecular formula is C12H12N2O5. The molecule has 0 saturated heterocycles. The van der Waals surface area contributed by atoms with E-state index in [-0.39, 0.29) is 24.3 Å². The second-order valence-electron chi connectivity index (χ2n) is 3.49. The molecule has 7 nitrogen and oxygen atoms in total. The van der Waals surface area contributed by atoms with Gasteiger partial charge in [-0.2, -0.15) is 0 Å². The van der Waals surface area contributed by atoms with Crippen molar-refractivity contribution >= 4 is 17.6 Å². The third-order valence-corrected chi connectivity index (χ3v) is 2.05. The van der Waals surface area contributed by atoms with Gasteiger partial charge in [-0.25, -0.2) is 4.79 Å². The zero-order valence-corrected chi connectivity index (χ0v) is 9.94. The molecule has 0 spiro atoms. The lowest BCUT2D eigenvalue weighted by Gasteiger charge is -2.03. The molecule has 1 aromatic rings. The molecule has 1 rings (SSSR count). The summed E-state index contributed by atoms with van der Waals surface area (Å²) in [6.07, 6.45) is 1.21. The average Bonchev–Trinajstić information content (AvgIpc) is 2.35. The number of carboxylic acid groups (broad SMARTS) is 2. The van der Waals surface area contributed by atoms with E-state index < -0.39 is 11.9 Å². The van der Waals surface area contributed by atoms with Crippen molar-refractivity contribution in [1.29, 1.82) is 0 Å². The van der Waals surface area contributed by atoms with Gasteiger partial charge in [0.25, 0.3) is 0 Å². The Kier molecular flexibility index (Phi) is 5.21. The van der Waals surface area contributed by atoms with Gasteiger partial charge in [-0.05, 0) is 17.7 Å². The molecule has 0 bridgehead atoms. The van der Waals surface area contributed by atoms with Crippen molar-refractivity contribution in [2.45, 2.75) is 6.42 Å². The Labute approximate surface area is 108 Å². The van der Waals surface area contributed by atoms with Crippen LogP contribution in [0, 0.1) is 0 Å². The summed E-state index contributed by atoms with van der Waals surface area (Å²) in [5.74, 6) is -2.26. The number of nitrogens with zero attached hydrogens (tertiary/aromatic N) is 2. The van der Waals surface area contributed by atoms with Crippen molar-refractivity contribution in [3.05, 3.63) is 42.0 Å². The monoisotopic (exact) mass is 264 g/mol. The summed E-state index contributed by atoms with van der Waals surface area (Å²) >= 11 is 0. The molecule has 2 N–H and O–H groups in total. The lowest BCUT2D eigenvalue weighted by Crippen LogP contribution is -2.03. The van der Waals surface area contributed by atoms with Crippen LogP contribution in [0.5, 0.6) is 0 Å². The largest absolute Gasteiger partial charge is 0.481 e. The van der Waals surface area contributed by atoms with Gasteiger partial charge in [-0.1, -0.05) is 18.7 Å². The summed E-state index contributed by atoms with van der Waals surface area (Å²) in [6.45, 7) is 3.57. The number of benzene rings is 1. The molecule has 0 radical (unpaired) electrons. The molecule has 19 heavy (non-hydrogen) atoms. The first kappa shape index (κ1) is 14.4. The van der Waals surface area contributed by atoms with Crippen LogP contribution in [0.2, 0.25) is 0 Å². The summed E-state index contributed by atoms with van der Waals surface area (Å²) in [6, 6.07) is 4.10. The average molecular weight is 264 g/mol. The van der Waals surface area contributed by atoms with Gasteiger partial charge in [0.15, 0.2) is 0 Å². The van der Waals surface area contributed by atoms with Crippen molar-refractivity contribution in [3.63, 3.8) is 0 Å². The minimum absolute atomic E-state index is 0.0886. The fraction of sp³-hybridized carbons (Fsp3) is 0.167. The van der Waals surface area contributed by atoms with Crippen LogP contribution < -0.4 is 0 Å². The Balaban J connectivity index is 2.97. The van der Waals surface area contributed by atoms with Gasteiger partial charge >= 0.3 is 11.9 Å². The number of hydrogen-bond donors (Lipinski definition) is 2. The van der Waals surface area contributed by atoms with Crippen LogP contribution in [0.25, 0.3) is 0 Å². The van der Waals surface area contributed by atoms with Crippen LogP contribution in [0.4, 0.5) is 5.69 Å². The first-order valence-electron chi connectivity index (χ1n) is 5.26. The van der Waals surface area contributed by atoms with E-state index in [2.05, 4.69) is 21.8 Å². The predicted molar refractivity (Wildman–Crippen MR) is 65.4 cm³/mol. The van der Waals surface area contributed by atoms with Gasteiger partial charge in [0.05, 0.1) is 12.0 Å². The molecule has 0 aromatic heterocycles. The lowest BCUT2D eigenvalue weighted by atomic mass is 10.1. The quantitative estimate of drug-likeness (QED) is 0.339. The van der Waals surface area contributed by atoms with Gasteiger partial charge < -0.3 is 15.1 Å². The third kappa shape index (κ3) is 4.58. The highest BCUT2D eigenvalue weighted by Crippen LogP contribution is 2.21. The van der Waals surface area contributed by atoms with Gasteiger partial charge in [-0.15, -0.1) is 5.11 Å². The van der Waals surface area contributed by atoms with Crippen molar-refractivity contribution in [1.82, 2.24) is 0 Å². The molecule has 0 amide bonds. The zero-order valence-electron chi connectivity index (χ0n) is 9.94. The molecule has 1 aromatic carbocycles. The molecule has 0 unspecified atom stereocenters. The highest BCUT2D eigenvalue weighted by Gasteiger charge is 2.12. The number of carbonyl (C=O) groups is 2. The van der Waals surface area contributed by atoms with E-state index in [1.165, 1.54) is 24.3 Å². The fourth-order valence-corrected chi connectivity index (χ4v) is 1.29. The minimum atomic E-state index is -1.22. The zero-order chi connectivity index (χ0) is 14.3. The molecule has 0 atom stereocenters. The van der Waals surface area contributed by atoms with E-state index in [1.807, 2.05) is 0 Å². The molecule has 0 saturated carbocycles. The van der Waals surface area contributed by atoms with Crippen LogP contribution in [0.15, 0.2) is 41.2 Å². The highest BCUT2D eigenvalue weighted by molar-refractivity contribution is 5.93. The first-order valence-corrected chi connectivity index (χ1v) is 5.26. The highest BCUT2D eigenvalue weighted by atomic mass is 16.6.